The Morgan fingerprint density at radius 2 is 2.07 bits per heavy atom. The van der Waals surface area contributed by atoms with Crippen LogP contribution in [0.25, 0.3) is 0 Å². The molecule has 6 nitrogen and oxygen atoms in total. The van der Waals surface area contributed by atoms with E-state index in [2.05, 4.69) is 53.0 Å². The average Bonchev–Trinajstić information content (AvgIpc) is 3.39. The van der Waals surface area contributed by atoms with E-state index in [9.17, 15) is 0 Å². The third-order valence-corrected chi connectivity index (χ3v) is 5.81. The van der Waals surface area contributed by atoms with Gasteiger partial charge in [0, 0.05) is 43.5 Å². The fourth-order valence-electron chi connectivity index (χ4n) is 3.36. The van der Waals surface area contributed by atoms with Crippen molar-refractivity contribution in [1.29, 1.82) is 0 Å². The van der Waals surface area contributed by atoms with E-state index in [0.29, 0.717) is 13.2 Å². The van der Waals surface area contributed by atoms with Gasteiger partial charge in [-0.25, -0.2) is 9.98 Å². The Kier molecular flexibility index (Phi) is 8.16. The van der Waals surface area contributed by atoms with E-state index in [0.717, 1.165) is 55.6 Å². The van der Waals surface area contributed by atoms with Gasteiger partial charge in [0.1, 0.15) is 5.75 Å². The van der Waals surface area contributed by atoms with Gasteiger partial charge in [-0.2, -0.15) is 0 Å². The molecule has 158 valence electrons. The lowest BCUT2D eigenvalue weighted by molar-refractivity contribution is 0.336. The second kappa shape index (κ2) is 11.0. The molecular formula is C22H33N5OS. The van der Waals surface area contributed by atoms with Crippen LogP contribution in [-0.2, 0) is 13.0 Å². The number of aromatic nitrogens is 1. The molecule has 0 aliphatic carbocycles. The molecular weight excluding hydrogens is 382 g/mol. The van der Waals surface area contributed by atoms with Gasteiger partial charge in [0.05, 0.1) is 18.8 Å². The van der Waals surface area contributed by atoms with Crippen molar-refractivity contribution < 1.29 is 4.74 Å². The van der Waals surface area contributed by atoms with Gasteiger partial charge < -0.3 is 20.3 Å². The molecule has 2 aromatic rings. The third kappa shape index (κ3) is 6.35. The van der Waals surface area contributed by atoms with E-state index in [1.807, 2.05) is 6.92 Å². The number of hydrogen-bond acceptors (Lipinski definition) is 5. The lowest BCUT2D eigenvalue weighted by atomic mass is 10.1. The highest BCUT2D eigenvalue weighted by atomic mass is 32.1. The van der Waals surface area contributed by atoms with Gasteiger partial charge in [-0.15, -0.1) is 11.3 Å². The van der Waals surface area contributed by atoms with Crippen molar-refractivity contribution in [2.24, 2.45) is 4.99 Å². The van der Waals surface area contributed by atoms with Crippen molar-refractivity contribution >= 4 is 22.4 Å². The number of thiazole rings is 1. The minimum atomic E-state index is 0.584. The molecule has 0 bridgehead atoms. The lowest BCUT2D eigenvalue weighted by Gasteiger charge is -2.13. The Morgan fingerprint density at radius 3 is 2.83 bits per heavy atom. The van der Waals surface area contributed by atoms with Gasteiger partial charge in [-0.05, 0) is 45.2 Å². The van der Waals surface area contributed by atoms with E-state index < -0.39 is 0 Å². The molecule has 0 spiro atoms. The zero-order chi connectivity index (χ0) is 20.5. The zero-order valence-corrected chi connectivity index (χ0v) is 18.6. The molecule has 1 aliphatic rings. The maximum atomic E-state index is 5.77. The summed E-state index contributed by atoms with van der Waals surface area (Å²) in [6, 6.07) is 6.28. The number of rotatable bonds is 9. The Hall–Kier alpha value is -2.28. The number of nitrogens with zero attached hydrogens (tertiary/aromatic N) is 3. The SMILES string of the molecule is CCNC(=NCc1ccc(C)cc1OCC)NCCc1csc(N2CCCC2)n1. The highest BCUT2D eigenvalue weighted by Gasteiger charge is 2.15. The molecule has 0 radical (unpaired) electrons. The number of nitrogens with one attached hydrogen (secondary N) is 2. The van der Waals surface area contributed by atoms with Crippen LogP contribution in [0.4, 0.5) is 5.13 Å². The zero-order valence-electron chi connectivity index (χ0n) is 17.8. The normalized spacial score (nSPS) is 14.3. The number of ether oxygens (including phenoxy) is 1. The molecule has 0 saturated carbocycles. The molecule has 1 saturated heterocycles. The molecule has 7 heteroatoms. The molecule has 0 unspecified atom stereocenters. The standard InChI is InChI=1S/C22H33N5OS/c1-4-23-21(25-15-18-9-8-17(3)14-20(18)28-5-2)24-11-10-19-16-29-22(26-19)27-12-6-7-13-27/h8-9,14,16H,4-7,10-13,15H2,1-3H3,(H2,23,24,25). The number of guanidine groups is 1. The number of anilines is 1. The first-order valence-electron chi connectivity index (χ1n) is 10.6. The van der Waals surface area contributed by atoms with Gasteiger partial charge in [-0.3, -0.25) is 0 Å². The average molecular weight is 416 g/mol. The minimum absolute atomic E-state index is 0.584. The Bertz CT molecular complexity index is 798. The maximum Gasteiger partial charge on any atom is 0.191 e. The number of benzene rings is 1. The highest BCUT2D eigenvalue weighted by molar-refractivity contribution is 7.13. The Morgan fingerprint density at radius 1 is 1.24 bits per heavy atom. The summed E-state index contributed by atoms with van der Waals surface area (Å²) in [5, 5.41) is 10.1. The van der Waals surface area contributed by atoms with Gasteiger partial charge in [-0.1, -0.05) is 12.1 Å². The summed E-state index contributed by atoms with van der Waals surface area (Å²) in [4.78, 5) is 11.9. The molecule has 1 fully saturated rings. The van der Waals surface area contributed by atoms with Crippen molar-refractivity contribution in [2.75, 3.05) is 37.7 Å². The van der Waals surface area contributed by atoms with Crippen LogP contribution in [0.15, 0.2) is 28.6 Å². The molecule has 0 amide bonds. The predicted octanol–water partition coefficient (Wildman–Crippen LogP) is 3.75. The first kappa shape index (κ1) is 21.4. The van der Waals surface area contributed by atoms with Crippen LogP contribution >= 0.6 is 11.3 Å². The van der Waals surface area contributed by atoms with Crippen LogP contribution in [0.3, 0.4) is 0 Å². The summed E-state index contributed by atoms with van der Waals surface area (Å²) in [6.45, 7) is 11.3. The summed E-state index contributed by atoms with van der Waals surface area (Å²) >= 11 is 1.76. The van der Waals surface area contributed by atoms with E-state index in [4.69, 9.17) is 14.7 Å². The van der Waals surface area contributed by atoms with Gasteiger partial charge in [0.15, 0.2) is 11.1 Å². The second-order valence-corrected chi connectivity index (χ2v) is 8.07. The van der Waals surface area contributed by atoms with Crippen molar-refractivity contribution in [3.05, 3.63) is 40.4 Å². The van der Waals surface area contributed by atoms with E-state index in [1.165, 1.54) is 23.5 Å². The first-order valence-corrected chi connectivity index (χ1v) is 11.5. The summed E-state index contributed by atoms with van der Waals surface area (Å²) in [5.41, 5.74) is 3.45. The third-order valence-electron chi connectivity index (χ3n) is 4.86. The summed E-state index contributed by atoms with van der Waals surface area (Å²) in [5.74, 6) is 1.74. The number of aryl methyl sites for hydroxylation is 1. The Balaban J connectivity index is 1.54. The first-order chi connectivity index (χ1) is 14.2. The molecule has 3 rings (SSSR count). The van der Waals surface area contributed by atoms with Crippen LogP contribution < -0.4 is 20.3 Å². The fraction of sp³-hybridized carbons (Fsp3) is 0.545. The Labute approximate surface area is 178 Å². The van der Waals surface area contributed by atoms with Crippen molar-refractivity contribution in [2.45, 2.75) is 46.6 Å². The number of aliphatic imine (C=N–C) groups is 1. The topological polar surface area (TPSA) is 61.8 Å². The van der Waals surface area contributed by atoms with Gasteiger partial charge in [0.25, 0.3) is 0 Å². The molecule has 29 heavy (non-hydrogen) atoms. The summed E-state index contributed by atoms with van der Waals surface area (Å²) in [7, 11) is 0. The largest absolute Gasteiger partial charge is 0.494 e. The lowest BCUT2D eigenvalue weighted by Crippen LogP contribution is -2.38. The second-order valence-electron chi connectivity index (χ2n) is 7.23. The number of hydrogen-bond donors (Lipinski definition) is 2. The minimum Gasteiger partial charge on any atom is -0.494 e. The van der Waals surface area contributed by atoms with Crippen LogP contribution in [0.1, 0.15) is 43.5 Å². The van der Waals surface area contributed by atoms with E-state index in [1.54, 1.807) is 11.3 Å². The molecule has 0 atom stereocenters. The predicted molar refractivity (Wildman–Crippen MR) is 122 cm³/mol. The molecule has 1 aromatic heterocycles. The summed E-state index contributed by atoms with van der Waals surface area (Å²) in [6.07, 6.45) is 3.46. The van der Waals surface area contributed by atoms with E-state index in [-0.39, 0.29) is 0 Å². The monoisotopic (exact) mass is 415 g/mol. The van der Waals surface area contributed by atoms with Crippen LogP contribution in [0.5, 0.6) is 5.75 Å². The van der Waals surface area contributed by atoms with Crippen molar-refractivity contribution in [3.8, 4) is 5.75 Å². The van der Waals surface area contributed by atoms with Gasteiger partial charge in [0.2, 0.25) is 0 Å². The smallest absolute Gasteiger partial charge is 0.191 e. The fourth-order valence-corrected chi connectivity index (χ4v) is 4.28. The van der Waals surface area contributed by atoms with Crippen LogP contribution in [0.2, 0.25) is 0 Å². The quantitative estimate of drug-likeness (QED) is 0.482. The van der Waals surface area contributed by atoms with E-state index >= 15 is 0 Å². The molecule has 2 heterocycles. The van der Waals surface area contributed by atoms with Crippen molar-refractivity contribution in [3.63, 3.8) is 0 Å². The van der Waals surface area contributed by atoms with Crippen molar-refractivity contribution in [1.82, 2.24) is 15.6 Å². The molecule has 1 aliphatic heterocycles. The highest BCUT2D eigenvalue weighted by Crippen LogP contribution is 2.24. The van der Waals surface area contributed by atoms with Crippen LogP contribution in [-0.4, -0.2) is 43.7 Å². The van der Waals surface area contributed by atoms with Crippen LogP contribution in [0, 0.1) is 6.92 Å². The molecule has 2 N–H and O–H groups in total. The molecule has 1 aromatic carbocycles. The summed E-state index contributed by atoms with van der Waals surface area (Å²) < 4.78 is 5.77. The van der Waals surface area contributed by atoms with Gasteiger partial charge >= 0.3 is 0 Å². The maximum absolute atomic E-state index is 5.77.